The highest BCUT2D eigenvalue weighted by Gasteiger charge is 2.42. The number of aromatic amines is 1. The van der Waals surface area contributed by atoms with Gasteiger partial charge in [0.05, 0.1) is 16.5 Å². The molecule has 0 aliphatic heterocycles. The SMILES string of the molecule is CC1(NC(=O)c2[nH]c3ccc(Cl)cc3c2Cl)CCCCC1C(=O)O. The number of halogens is 2. The van der Waals surface area contributed by atoms with Crippen molar-refractivity contribution in [1.29, 1.82) is 0 Å². The van der Waals surface area contributed by atoms with Crippen molar-refractivity contribution in [3.63, 3.8) is 0 Å². The summed E-state index contributed by atoms with van der Waals surface area (Å²) in [4.78, 5) is 27.2. The molecule has 0 spiro atoms. The number of carbonyl (C=O) groups excluding carboxylic acids is 1. The Bertz CT molecular complexity index is 818. The molecule has 1 fully saturated rings. The van der Waals surface area contributed by atoms with Crippen LogP contribution in [-0.2, 0) is 4.79 Å². The molecule has 128 valence electrons. The van der Waals surface area contributed by atoms with Gasteiger partial charge in [-0.2, -0.15) is 0 Å². The monoisotopic (exact) mass is 368 g/mol. The van der Waals surface area contributed by atoms with Crippen LogP contribution < -0.4 is 5.32 Å². The van der Waals surface area contributed by atoms with Crippen LogP contribution in [-0.4, -0.2) is 27.5 Å². The van der Waals surface area contributed by atoms with Crippen LogP contribution in [0.2, 0.25) is 10.0 Å². The molecule has 1 saturated carbocycles. The maximum absolute atomic E-state index is 12.7. The Morgan fingerprint density at radius 3 is 2.79 bits per heavy atom. The van der Waals surface area contributed by atoms with Crippen LogP contribution >= 0.6 is 23.2 Å². The van der Waals surface area contributed by atoms with E-state index in [2.05, 4.69) is 10.3 Å². The number of aromatic nitrogens is 1. The molecule has 1 amide bonds. The maximum atomic E-state index is 12.7. The summed E-state index contributed by atoms with van der Waals surface area (Å²) < 4.78 is 0. The number of carboxylic acid groups (broad SMARTS) is 1. The largest absolute Gasteiger partial charge is 0.481 e. The summed E-state index contributed by atoms with van der Waals surface area (Å²) in [6, 6.07) is 5.15. The number of amides is 1. The maximum Gasteiger partial charge on any atom is 0.308 e. The smallest absolute Gasteiger partial charge is 0.308 e. The van der Waals surface area contributed by atoms with Crippen LogP contribution in [0.25, 0.3) is 10.9 Å². The highest BCUT2D eigenvalue weighted by Crippen LogP contribution is 2.35. The average Bonchev–Trinajstić information content (AvgIpc) is 2.84. The molecule has 24 heavy (non-hydrogen) atoms. The number of hydrogen-bond acceptors (Lipinski definition) is 2. The van der Waals surface area contributed by atoms with Gasteiger partial charge in [-0.05, 0) is 38.0 Å². The van der Waals surface area contributed by atoms with Crippen molar-refractivity contribution < 1.29 is 14.7 Å². The summed E-state index contributed by atoms with van der Waals surface area (Å²) in [6.07, 6.45) is 2.92. The molecule has 0 radical (unpaired) electrons. The molecule has 1 aromatic heterocycles. The molecule has 1 heterocycles. The van der Waals surface area contributed by atoms with Gasteiger partial charge in [0.2, 0.25) is 0 Å². The Morgan fingerprint density at radius 1 is 1.33 bits per heavy atom. The van der Waals surface area contributed by atoms with Crippen LogP contribution in [0.3, 0.4) is 0 Å². The lowest BCUT2D eigenvalue weighted by Gasteiger charge is -2.39. The fourth-order valence-electron chi connectivity index (χ4n) is 3.49. The van der Waals surface area contributed by atoms with E-state index in [9.17, 15) is 14.7 Å². The molecule has 3 rings (SSSR count). The number of carboxylic acids is 1. The van der Waals surface area contributed by atoms with Crippen molar-refractivity contribution in [2.75, 3.05) is 0 Å². The summed E-state index contributed by atoms with van der Waals surface area (Å²) in [5.41, 5.74) is 0.141. The minimum Gasteiger partial charge on any atom is -0.481 e. The van der Waals surface area contributed by atoms with Crippen LogP contribution in [0, 0.1) is 5.92 Å². The number of carbonyl (C=O) groups is 2. The second kappa shape index (κ2) is 6.30. The second-order valence-corrected chi connectivity index (χ2v) is 7.33. The fraction of sp³-hybridized carbons (Fsp3) is 0.412. The molecule has 2 unspecified atom stereocenters. The first-order chi connectivity index (χ1) is 11.3. The molecule has 2 atom stereocenters. The van der Waals surface area contributed by atoms with Crippen LogP contribution in [0.4, 0.5) is 0 Å². The first-order valence-corrected chi connectivity index (χ1v) is 8.59. The van der Waals surface area contributed by atoms with Gasteiger partial charge in [-0.1, -0.05) is 36.0 Å². The number of benzene rings is 1. The van der Waals surface area contributed by atoms with Crippen molar-refractivity contribution in [2.45, 2.75) is 38.1 Å². The molecule has 2 aromatic rings. The van der Waals surface area contributed by atoms with Crippen LogP contribution in [0.1, 0.15) is 43.1 Å². The number of H-pyrrole nitrogens is 1. The van der Waals surface area contributed by atoms with Gasteiger partial charge in [-0.3, -0.25) is 9.59 Å². The predicted octanol–water partition coefficient (Wildman–Crippen LogP) is 4.24. The van der Waals surface area contributed by atoms with Crippen molar-refractivity contribution in [2.24, 2.45) is 5.92 Å². The van der Waals surface area contributed by atoms with Crippen molar-refractivity contribution >= 4 is 46.0 Å². The molecule has 1 aliphatic rings. The zero-order valence-electron chi connectivity index (χ0n) is 13.2. The third kappa shape index (κ3) is 2.98. The Kier molecular flexibility index (Phi) is 4.49. The summed E-state index contributed by atoms with van der Waals surface area (Å²) in [7, 11) is 0. The van der Waals surface area contributed by atoms with E-state index in [1.54, 1.807) is 25.1 Å². The van der Waals surface area contributed by atoms with E-state index in [0.29, 0.717) is 28.8 Å². The van der Waals surface area contributed by atoms with E-state index in [1.165, 1.54) is 0 Å². The van der Waals surface area contributed by atoms with Gasteiger partial charge in [0.15, 0.2) is 0 Å². The van der Waals surface area contributed by atoms with Crippen molar-refractivity contribution in [1.82, 2.24) is 10.3 Å². The highest BCUT2D eigenvalue weighted by atomic mass is 35.5. The number of hydrogen-bond donors (Lipinski definition) is 3. The summed E-state index contributed by atoms with van der Waals surface area (Å²) in [6.45, 7) is 1.79. The summed E-state index contributed by atoms with van der Waals surface area (Å²) >= 11 is 12.3. The first-order valence-electron chi connectivity index (χ1n) is 7.84. The quantitative estimate of drug-likeness (QED) is 0.757. The third-order valence-corrected chi connectivity index (χ3v) is 5.46. The molecule has 1 aromatic carbocycles. The van der Waals surface area contributed by atoms with Gasteiger partial charge in [-0.25, -0.2) is 0 Å². The molecule has 1 aliphatic carbocycles. The highest BCUT2D eigenvalue weighted by molar-refractivity contribution is 6.39. The van der Waals surface area contributed by atoms with E-state index in [4.69, 9.17) is 23.2 Å². The Balaban J connectivity index is 1.92. The Hall–Kier alpha value is -1.72. The van der Waals surface area contributed by atoms with E-state index >= 15 is 0 Å². The molecule has 0 bridgehead atoms. The van der Waals surface area contributed by atoms with Gasteiger partial charge in [0.1, 0.15) is 5.69 Å². The Labute approximate surface area is 149 Å². The van der Waals surface area contributed by atoms with E-state index < -0.39 is 23.3 Å². The van der Waals surface area contributed by atoms with Gasteiger partial charge < -0.3 is 15.4 Å². The third-order valence-electron chi connectivity index (χ3n) is 4.83. The standard InChI is InChI=1S/C17H18Cl2N2O3/c1-17(7-3-2-4-11(17)16(23)24)21-15(22)14-13(19)10-8-9(18)5-6-12(10)20-14/h5-6,8,11,20H,2-4,7H2,1H3,(H,21,22)(H,23,24). The number of rotatable bonds is 3. The second-order valence-electron chi connectivity index (χ2n) is 6.51. The van der Waals surface area contributed by atoms with Crippen LogP contribution in [0.15, 0.2) is 18.2 Å². The number of fused-ring (bicyclic) bond motifs is 1. The van der Waals surface area contributed by atoms with Crippen molar-refractivity contribution in [3.8, 4) is 0 Å². The van der Waals surface area contributed by atoms with Gasteiger partial charge >= 0.3 is 5.97 Å². The molecule has 0 saturated heterocycles. The van der Waals surface area contributed by atoms with Gasteiger partial charge in [-0.15, -0.1) is 0 Å². The van der Waals surface area contributed by atoms with Crippen molar-refractivity contribution in [3.05, 3.63) is 33.9 Å². The first kappa shape index (κ1) is 17.1. The van der Waals surface area contributed by atoms with Crippen LogP contribution in [0.5, 0.6) is 0 Å². The predicted molar refractivity (Wildman–Crippen MR) is 93.8 cm³/mol. The minimum atomic E-state index is -0.882. The molecular weight excluding hydrogens is 351 g/mol. The number of nitrogens with one attached hydrogen (secondary N) is 2. The molecule has 3 N–H and O–H groups in total. The summed E-state index contributed by atoms with van der Waals surface area (Å²) in [5.74, 6) is -1.89. The average molecular weight is 369 g/mol. The zero-order valence-corrected chi connectivity index (χ0v) is 14.7. The Morgan fingerprint density at radius 2 is 2.08 bits per heavy atom. The van der Waals surface area contributed by atoms with E-state index in [1.807, 2.05) is 0 Å². The van der Waals surface area contributed by atoms with Gasteiger partial charge in [0, 0.05) is 15.9 Å². The van der Waals surface area contributed by atoms with Gasteiger partial charge in [0.25, 0.3) is 5.91 Å². The normalized spacial score (nSPS) is 24.0. The lowest BCUT2D eigenvalue weighted by atomic mass is 9.74. The van der Waals surface area contributed by atoms with E-state index in [-0.39, 0.29) is 10.7 Å². The van der Waals surface area contributed by atoms with E-state index in [0.717, 1.165) is 12.8 Å². The lowest BCUT2D eigenvalue weighted by Crippen LogP contribution is -2.55. The molecular formula is C17H18Cl2N2O3. The number of aliphatic carboxylic acids is 1. The minimum absolute atomic E-state index is 0.227. The topological polar surface area (TPSA) is 82.2 Å². The molecule has 7 heteroatoms. The molecule has 5 nitrogen and oxygen atoms in total. The zero-order chi connectivity index (χ0) is 17.5. The lowest BCUT2D eigenvalue weighted by molar-refractivity contribution is -0.145. The summed E-state index contributed by atoms with van der Waals surface area (Å²) in [5, 5.41) is 13.8. The fourth-order valence-corrected chi connectivity index (χ4v) is 3.95.